The molecule has 24 heavy (non-hydrogen) atoms. The first-order chi connectivity index (χ1) is 11.7. The van der Waals surface area contributed by atoms with Gasteiger partial charge >= 0.3 is 0 Å². The fourth-order valence-corrected chi connectivity index (χ4v) is 2.46. The van der Waals surface area contributed by atoms with Gasteiger partial charge in [0.25, 0.3) is 5.91 Å². The lowest BCUT2D eigenvalue weighted by Crippen LogP contribution is -2.14. The molecule has 0 saturated heterocycles. The molecule has 5 nitrogen and oxygen atoms in total. The molecule has 0 aliphatic carbocycles. The van der Waals surface area contributed by atoms with Gasteiger partial charge in [-0.15, -0.1) is 0 Å². The molecule has 0 aliphatic rings. The van der Waals surface area contributed by atoms with Crippen LogP contribution in [-0.2, 0) is 6.61 Å². The van der Waals surface area contributed by atoms with Gasteiger partial charge in [-0.3, -0.25) is 14.8 Å². The van der Waals surface area contributed by atoms with Crippen LogP contribution in [0.3, 0.4) is 0 Å². The van der Waals surface area contributed by atoms with E-state index < -0.39 is 0 Å². The number of halogens is 1. The molecule has 0 unspecified atom stereocenters. The SMILES string of the molecule is O=C(Nc1cnccc1CO)c1cc(-c2ccccn2)ccc1Cl. The van der Waals surface area contributed by atoms with Crippen LogP contribution in [0.2, 0.25) is 5.02 Å². The van der Waals surface area contributed by atoms with E-state index in [0.29, 0.717) is 21.8 Å². The third-order valence-corrected chi connectivity index (χ3v) is 3.83. The van der Waals surface area contributed by atoms with Crippen LogP contribution < -0.4 is 5.32 Å². The molecule has 2 heterocycles. The van der Waals surface area contributed by atoms with E-state index in [9.17, 15) is 9.90 Å². The van der Waals surface area contributed by atoms with Gasteiger partial charge in [-0.2, -0.15) is 0 Å². The Balaban J connectivity index is 1.92. The Labute approximate surface area is 144 Å². The monoisotopic (exact) mass is 339 g/mol. The van der Waals surface area contributed by atoms with Crippen molar-refractivity contribution < 1.29 is 9.90 Å². The van der Waals surface area contributed by atoms with Gasteiger partial charge in [0.05, 0.1) is 34.8 Å². The predicted octanol–water partition coefficient (Wildman–Crippen LogP) is 3.54. The Morgan fingerprint density at radius 2 is 2.04 bits per heavy atom. The topological polar surface area (TPSA) is 75.1 Å². The van der Waals surface area contributed by atoms with E-state index in [1.807, 2.05) is 24.3 Å². The first-order valence-corrected chi connectivity index (χ1v) is 7.63. The molecule has 0 saturated carbocycles. The number of anilines is 1. The summed E-state index contributed by atoms with van der Waals surface area (Å²) in [5.41, 5.74) is 2.89. The molecule has 0 spiro atoms. The van der Waals surface area contributed by atoms with Crippen molar-refractivity contribution in [1.29, 1.82) is 0 Å². The third-order valence-electron chi connectivity index (χ3n) is 3.50. The number of aliphatic hydroxyl groups excluding tert-OH is 1. The maximum absolute atomic E-state index is 12.6. The van der Waals surface area contributed by atoms with Gasteiger partial charge in [0.2, 0.25) is 0 Å². The van der Waals surface area contributed by atoms with Crippen molar-refractivity contribution in [2.75, 3.05) is 5.32 Å². The Morgan fingerprint density at radius 1 is 1.17 bits per heavy atom. The fraction of sp³-hybridized carbons (Fsp3) is 0.0556. The summed E-state index contributed by atoms with van der Waals surface area (Å²) in [5.74, 6) is -0.375. The van der Waals surface area contributed by atoms with Crippen LogP contribution in [0.15, 0.2) is 61.1 Å². The molecule has 0 radical (unpaired) electrons. The second kappa shape index (κ2) is 7.21. The summed E-state index contributed by atoms with van der Waals surface area (Å²) in [6, 6.07) is 12.4. The van der Waals surface area contributed by atoms with E-state index in [-0.39, 0.29) is 12.5 Å². The number of nitrogens with one attached hydrogen (secondary N) is 1. The first kappa shape index (κ1) is 16.1. The summed E-state index contributed by atoms with van der Waals surface area (Å²) in [4.78, 5) is 20.8. The molecule has 2 N–H and O–H groups in total. The maximum Gasteiger partial charge on any atom is 0.257 e. The summed E-state index contributed by atoms with van der Waals surface area (Å²) in [6.07, 6.45) is 4.72. The molecule has 0 bridgehead atoms. The van der Waals surface area contributed by atoms with Crippen molar-refractivity contribution in [2.45, 2.75) is 6.61 Å². The number of hydrogen-bond acceptors (Lipinski definition) is 4. The summed E-state index contributed by atoms with van der Waals surface area (Å²) >= 11 is 6.17. The highest BCUT2D eigenvalue weighted by molar-refractivity contribution is 6.34. The van der Waals surface area contributed by atoms with Crippen molar-refractivity contribution in [1.82, 2.24) is 9.97 Å². The van der Waals surface area contributed by atoms with E-state index in [0.717, 1.165) is 11.3 Å². The molecule has 2 aromatic heterocycles. The zero-order valence-corrected chi connectivity index (χ0v) is 13.4. The Hall–Kier alpha value is -2.76. The molecular weight excluding hydrogens is 326 g/mol. The number of carbonyl (C=O) groups is 1. The fourth-order valence-electron chi connectivity index (χ4n) is 2.26. The Morgan fingerprint density at radius 3 is 2.79 bits per heavy atom. The number of hydrogen-bond donors (Lipinski definition) is 2. The first-order valence-electron chi connectivity index (χ1n) is 7.25. The average molecular weight is 340 g/mol. The molecule has 3 aromatic rings. The number of carbonyl (C=O) groups excluding carboxylic acids is 1. The largest absolute Gasteiger partial charge is 0.392 e. The summed E-state index contributed by atoms with van der Waals surface area (Å²) in [6.45, 7) is -0.195. The molecule has 0 atom stereocenters. The molecule has 6 heteroatoms. The van der Waals surface area contributed by atoms with Crippen LogP contribution in [0.25, 0.3) is 11.3 Å². The lowest BCUT2D eigenvalue weighted by Gasteiger charge is -2.11. The quantitative estimate of drug-likeness (QED) is 0.762. The summed E-state index contributed by atoms with van der Waals surface area (Å²) < 4.78 is 0. The lowest BCUT2D eigenvalue weighted by atomic mass is 10.1. The molecule has 1 aromatic carbocycles. The zero-order chi connectivity index (χ0) is 16.9. The third kappa shape index (κ3) is 3.42. The highest BCUT2D eigenvalue weighted by Gasteiger charge is 2.14. The van der Waals surface area contributed by atoms with Gasteiger partial charge in [0, 0.05) is 23.5 Å². The highest BCUT2D eigenvalue weighted by atomic mass is 35.5. The van der Waals surface area contributed by atoms with Crippen molar-refractivity contribution >= 4 is 23.2 Å². The minimum absolute atomic E-state index is 0.195. The number of pyridine rings is 2. The molecule has 1 amide bonds. The van der Waals surface area contributed by atoms with Crippen molar-refractivity contribution in [3.8, 4) is 11.3 Å². The second-order valence-corrected chi connectivity index (χ2v) is 5.46. The minimum Gasteiger partial charge on any atom is -0.392 e. The molecule has 0 aliphatic heterocycles. The molecule has 0 fully saturated rings. The van der Waals surface area contributed by atoms with Gasteiger partial charge in [-0.25, -0.2) is 0 Å². The normalized spacial score (nSPS) is 10.4. The molecule has 120 valence electrons. The summed E-state index contributed by atoms with van der Waals surface area (Å²) in [5, 5.41) is 12.4. The number of rotatable bonds is 4. The zero-order valence-electron chi connectivity index (χ0n) is 12.6. The van der Waals surface area contributed by atoms with E-state index in [1.165, 1.54) is 6.20 Å². The summed E-state index contributed by atoms with van der Waals surface area (Å²) in [7, 11) is 0. The van der Waals surface area contributed by atoms with Gasteiger partial charge in [0.15, 0.2) is 0 Å². The van der Waals surface area contributed by atoms with Crippen LogP contribution in [-0.4, -0.2) is 21.0 Å². The smallest absolute Gasteiger partial charge is 0.257 e. The molecular formula is C18H14ClN3O2. The second-order valence-electron chi connectivity index (χ2n) is 5.05. The van der Waals surface area contributed by atoms with Gasteiger partial charge in [-0.1, -0.05) is 23.7 Å². The van der Waals surface area contributed by atoms with Gasteiger partial charge in [0.1, 0.15) is 0 Å². The van der Waals surface area contributed by atoms with Crippen LogP contribution in [0, 0.1) is 0 Å². The van der Waals surface area contributed by atoms with E-state index in [4.69, 9.17) is 11.6 Å². The Bertz CT molecular complexity index is 869. The van der Waals surface area contributed by atoms with Crippen molar-refractivity contribution in [2.24, 2.45) is 0 Å². The van der Waals surface area contributed by atoms with Crippen LogP contribution >= 0.6 is 11.6 Å². The lowest BCUT2D eigenvalue weighted by molar-refractivity contribution is 0.102. The number of aliphatic hydroxyl groups is 1. The minimum atomic E-state index is -0.375. The van der Waals surface area contributed by atoms with E-state index in [1.54, 1.807) is 30.6 Å². The van der Waals surface area contributed by atoms with Crippen LogP contribution in [0.1, 0.15) is 15.9 Å². The van der Waals surface area contributed by atoms with Crippen LogP contribution in [0.4, 0.5) is 5.69 Å². The predicted molar refractivity (Wildman–Crippen MR) is 92.8 cm³/mol. The highest BCUT2D eigenvalue weighted by Crippen LogP contribution is 2.25. The molecule has 3 rings (SSSR count). The number of benzene rings is 1. The number of nitrogens with zero attached hydrogens (tertiary/aromatic N) is 2. The standard InChI is InChI=1S/C18H14ClN3O2/c19-15-5-4-12(16-3-1-2-7-21-16)9-14(15)18(24)22-17-10-20-8-6-13(17)11-23/h1-10,23H,11H2,(H,22,24). The average Bonchev–Trinajstić information content (AvgIpc) is 2.63. The van der Waals surface area contributed by atoms with Crippen molar-refractivity contribution in [3.63, 3.8) is 0 Å². The van der Waals surface area contributed by atoms with E-state index >= 15 is 0 Å². The number of amides is 1. The Kier molecular flexibility index (Phi) is 4.84. The van der Waals surface area contributed by atoms with E-state index in [2.05, 4.69) is 15.3 Å². The maximum atomic E-state index is 12.6. The van der Waals surface area contributed by atoms with Crippen LogP contribution in [0.5, 0.6) is 0 Å². The van der Waals surface area contributed by atoms with Gasteiger partial charge < -0.3 is 10.4 Å². The van der Waals surface area contributed by atoms with Crippen molar-refractivity contribution in [3.05, 3.63) is 77.2 Å². The number of aromatic nitrogens is 2. The van der Waals surface area contributed by atoms with Gasteiger partial charge in [-0.05, 0) is 30.3 Å².